The third-order valence-corrected chi connectivity index (χ3v) is 4.32. The molecule has 1 N–H and O–H groups in total. The maximum atomic E-state index is 13.7. The number of benzene rings is 1. The summed E-state index contributed by atoms with van der Waals surface area (Å²) in [4.78, 5) is 8.59. The normalized spacial score (nSPS) is 12.7. The van der Waals surface area contributed by atoms with Crippen molar-refractivity contribution >= 4 is 21.6 Å². The Balaban J connectivity index is 1.72. The van der Waals surface area contributed by atoms with Crippen molar-refractivity contribution in [3.05, 3.63) is 58.6 Å². The summed E-state index contributed by atoms with van der Waals surface area (Å²) in [6, 6.07) is 9.14. The fraction of sp³-hybridized carbons (Fsp3) is 0.250. The molecule has 2 aromatic heterocycles. The van der Waals surface area contributed by atoms with Gasteiger partial charge in [-0.05, 0) is 43.7 Å². The average Bonchev–Trinajstić information content (AvgIpc) is 2.84. The number of rotatable bonds is 4. The zero-order chi connectivity index (χ0) is 14.8. The molecule has 5 heteroatoms. The minimum Gasteiger partial charge on any atom is -0.305 e. The van der Waals surface area contributed by atoms with Gasteiger partial charge in [0.05, 0.1) is 20.9 Å². The van der Waals surface area contributed by atoms with E-state index in [0.29, 0.717) is 12.2 Å². The van der Waals surface area contributed by atoms with Crippen LogP contribution in [0.5, 0.6) is 0 Å². The zero-order valence-corrected chi connectivity index (χ0v) is 12.7. The Kier molecular flexibility index (Phi) is 3.94. The van der Waals surface area contributed by atoms with Crippen molar-refractivity contribution in [3.63, 3.8) is 0 Å². The fourth-order valence-electron chi connectivity index (χ4n) is 2.28. The molecule has 0 aliphatic rings. The highest BCUT2D eigenvalue weighted by Gasteiger charge is 2.11. The second-order valence-electron chi connectivity index (χ2n) is 5.01. The molecular formula is C16H16FN3S. The number of halogens is 1. The molecule has 1 atom stereocenters. The molecule has 3 aromatic rings. The first kappa shape index (κ1) is 14.1. The Morgan fingerprint density at radius 3 is 3.00 bits per heavy atom. The Morgan fingerprint density at radius 2 is 2.19 bits per heavy atom. The largest absolute Gasteiger partial charge is 0.305 e. The summed E-state index contributed by atoms with van der Waals surface area (Å²) in [5, 5.41) is 4.37. The van der Waals surface area contributed by atoms with Gasteiger partial charge >= 0.3 is 0 Å². The molecule has 1 aromatic carbocycles. The fourth-order valence-corrected chi connectivity index (χ4v) is 3.09. The van der Waals surface area contributed by atoms with Crippen LogP contribution in [0.2, 0.25) is 0 Å². The number of aryl methyl sites for hydroxylation is 1. The van der Waals surface area contributed by atoms with Gasteiger partial charge in [-0.2, -0.15) is 0 Å². The molecule has 2 heterocycles. The number of fused-ring (bicyclic) bond motifs is 1. The predicted molar refractivity (Wildman–Crippen MR) is 83.8 cm³/mol. The standard InChI is InChI=1S/C16H16FN3S/c1-10(16-13(17)4-3-7-18-16)19-9-12-5-6-15-14(8-12)20-11(2)21-15/h3-8,10,19H,9H2,1-2H3. The van der Waals surface area contributed by atoms with Gasteiger partial charge in [-0.15, -0.1) is 11.3 Å². The molecular weight excluding hydrogens is 285 g/mol. The molecule has 0 aliphatic heterocycles. The van der Waals surface area contributed by atoms with E-state index in [2.05, 4.69) is 33.5 Å². The molecule has 0 radical (unpaired) electrons. The van der Waals surface area contributed by atoms with E-state index >= 15 is 0 Å². The zero-order valence-electron chi connectivity index (χ0n) is 11.9. The molecule has 0 aliphatic carbocycles. The second-order valence-corrected chi connectivity index (χ2v) is 6.24. The van der Waals surface area contributed by atoms with Crippen molar-refractivity contribution in [2.24, 2.45) is 0 Å². The quantitative estimate of drug-likeness (QED) is 0.792. The van der Waals surface area contributed by atoms with Gasteiger partial charge in [0.1, 0.15) is 5.82 Å². The SMILES string of the molecule is Cc1nc2cc(CNC(C)c3ncccc3F)ccc2s1. The third-order valence-electron chi connectivity index (χ3n) is 3.37. The van der Waals surface area contributed by atoms with Crippen LogP contribution in [0.25, 0.3) is 10.2 Å². The third kappa shape index (κ3) is 3.09. The first-order valence-electron chi connectivity index (χ1n) is 6.83. The molecule has 0 bridgehead atoms. The van der Waals surface area contributed by atoms with Crippen LogP contribution in [0, 0.1) is 12.7 Å². The highest BCUT2D eigenvalue weighted by atomic mass is 32.1. The number of pyridine rings is 1. The lowest BCUT2D eigenvalue weighted by Gasteiger charge is -2.13. The molecule has 108 valence electrons. The lowest BCUT2D eigenvalue weighted by molar-refractivity contribution is 0.512. The van der Waals surface area contributed by atoms with E-state index in [0.717, 1.165) is 16.1 Å². The van der Waals surface area contributed by atoms with Gasteiger partial charge in [0.2, 0.25) is 0 Å². The van der Waals surface area contributed by atoms with Crippen LogP contribution in [-0.4, -0.2) is 9.97 Å². The van der Waals surface area contributed by atoms with E-state index in [1.54, 1.807) is 23.6 Å². The molecule has 0 spiro atoms. The van der Waals surface area contributed by atoms with Crippen molar-refractivity contribution in [2.45, 2.75) is 26.4 Å². The first-order chi connectivity index (χ1) is 10.1. The number of thiazole rings is 1. The van der Waals surface area contributed by atoms with Gasteiger partial charge in [-0.1, -0.05) is 6.07 Å². The van der Waals surface area contributed by atoms with Crippen LogP contribution >= 0.6 is 11.3 Å². The maximum absolute atomic E-state index is 13.7. The molecule has 3 nitrogen and oxygen atoms in total. The first-order valence-corrected chi connectivity index (χ1v) is 7.65. The van der Waals surface area contributed by atoms with Gasteiger partial charge in [-0.3, -0.25) is 4.98 Å². The van der Waals surface area contributed by atoms with Crippen LogP contribution in [0.4, 0.5) is 4.39 Å². The van der Waals surface area contributed by atoms with E-state index in [9.17, 15) is 4.39 Å². The van der Waals surface area contributed by atoms with Gasteiger partial charge < -0.3 is 5.32 Å². The Hall–Kier alpha value is -1.85. The van der Waals surface area contributed by atoms with Crippen molar-refractivity contribution in [2.75, 3.05) is 0 Å². The summed E-state index contributed by atoms with van der Waals surface area (Å²) >= 11 is 1.69. The van der Waals surface area contributed by atoms with Gasteiger partial charge in [0.15, 0.2) is 0 Å². The Bertz CT molecular complexity index is 769. The van der Waals surface area contributed by atoms with E-state index in [1.807, 2.05) is 13.8 Å². The number of aromatic nitrogens is 2. The summed E-state index contributed by atoms with van der Waals surface area (Å²) < 4.78 is 14.9. The van der Waals surface area contributed by atoms with Crippen LogP contribution in [0.1, 0.15) is 29.2 Å². The summed E-state index contributed by atoms with van der Waals surface area (Å²) in [6.07, 6.45) is 1.61. The Labute approximate surface area is 126 Å². The smallest absolute Gasteiger partial charge is 0.146 e. The van der Waals surface area contributed by atoms with Crippen molar-refractivity contribution in [1.82, 2.24) is 15.3 Å². The molecule has 21 heavy (non-hydrogen) atoms. The molecule has 0 saturated carbocycles. The highest BCUT2D eigenvalue weighted by Crippen LogP contribution is 2.22. The van der Waals surface area contributed by atoms with Crippen LogP contribution in [0.15, 0.2) is 36.5 Å². The summed E-state index contributed by atoms with van der Waals surface area (Å²) in [5.41, 5.74) is 2.60. The Morgan fingerprint density at radius 1 is 1.33 bits per heavy atom. The molecule has 0 fully saturated rings. The van der Waals surface area contributed by atoms with Gasteiger partial charge in [0, 0.05) is 18.8 Å². The van der Waals surface area contributed by atoms with E-state index in [4.69, 9.17) is 0 Å². The number of nitrogens with one attached hydrogen (secondary N) is 1. The van der Waals surface area contributed by atoms with Crippen LogP contribution < -0.4 is 5.32 Å². The maximum Gasteiger partial charge on any atom is 0.146 e. The molecule has 1 unspecified atom stereocenters. The molecule has 3 rings (SSSR count). The lowest BCUT2D eigenvalue weighted by atomic mass is 10.1. The summed E-state index contributed by atoms with van der Waals surface area (Å²) in [6.45, 7) is 4.58. The van der Waals surface area contributed by atoms with Crippen molar-refractivity contribution in [3.8, 4) is 0 Å². The molecule has 0 amide bonds. The summed E-state index contributed by atoms with van der Waals surface area (Å²) in [7, 11) is 0. The number of hydrogen-bond donors (Lipinski definition) is 1. The number of hydrogen-bond acceptors (Lipinski definition) is 4. The van der Waals surface area contributed by atoms with Gasteiger partial charge in [-0.25, -0.2) is 9.37 Å². The predicted octanol–water partition coefficient (Wildman–Crippen LogP) is 3.99. The highest BCUT2D eigenvalue weighted by molar-refractivity contribution is 7.18. The van der Waals surface area contributed by atoms with Crippen molar-refractivity contribution < 1.29 is 4.39 Å². The topological polar surface area (TPSA) is 37.8 Å². The van der Waals surface area contributed by atoms with E-state index in [1.165, 1.54) is 10.8 Å². The monoisotopic (exact) mass is 301 g/mol. The van der Waals surface area contributed by atoms with Crippen LogP contribution in [0.3, 0.4) is 0 Å². The minimum atomic E-state index is -0.275. The van der Waals surface area contributed by atoms with E-state index in [-0.39, 0.29) is 11.9 Å². The van der Waals surface area contributed by atoms with Crippen LogP contribution in [-0.2, 0) is 6.54 Å². The lowest BCUT2D eigenvalue weighted by Crippen LogP contribution is -2.20. The van der Waals surface area contributed by atoms with E-state index < -0.39 is 0 Å². The number of nitrogens with zero attached hydrogens (tertiary/aromatic N) is 2. The average molecular weight is 301 g/mol. The molecule has 0 saturated heterocycles. The van der Waals surface area contributed by atoms with Gasteiger partial charge in [0.25, 0.3) is 0 Å². The summed E-state index contributed by atoms with van der Waals surface area (Å²) in [5.74, 6) is -0.275. The minimum absolute atomic E-state index is 0.140. The second kappa shape index (κ2) is 5.87. The van der Waals surface area contributed by atoms with Crippen molar-refractivity contribution in [1.29, 1.82) is 0 Å².